The maximum absolute atomic E-state index is 3.86. The predicted molar refractivity (Wildman–Crippen MR) is 70.3 cm³/mol. The van der Waals surface area contributed by atoms with E-state index in [1.165, 1.54) is 29.7 Å². The van der Waals surface area contributed by atoms with Crippen LogP contribution in [0.25, 0.3) is 0 Å². The molecule has 0 N–H and O–H groups in total. The van der Waals surface area contributed by atoms with Crippen LogP contribution in [0.5, 0.6) is 0 Å². The van der Waals surface area contributed by atoms with Gasteiger partial charge in [-0.15, -0.1) is 11.8 Å². The number of rotatable bonds is 6. The summed E-state index contributed by atoms with van der Waals surface area (Å²) in [6, 6.07) is 9.00. The van der Waals surface area contributed by atoms with E-state index < -0.39 is 0 Å². The number of hydrogen-bond acceptors (Lipinski definition) is 1. The molecule has 0 amide bonds. The fourth-order valence-electron chi connectivity index (χ4n) is 1.51. The van der Waals surface area contributed by atoms with Crippen molar-refractivity contribution in [2.45, 2.75) is 49.7 Å². The van der Waals surface area contributed by atoms with Gasteiger partial charge in [0.15, 0.2) is 0 Å². The largest absolute Gasteiger partial charge is 0.123 e. The van der Waals surface area contributed by atoms with Gasteiger partial charge in [0.2, 0.25) is 0 Å². The summed E-state index contributed by atoms with van der Waals surface area (Å²) in [6.07, 6.45) is 4.76. The summed E-state index contributed by atoms with van der Waals surface area (Å²) in [4.78, 5) is 1.38. The zero-order chi connectivity index (χ0) is 11.1. The Morgan fingerprint density at radius 1 is 1.13 bits per heavy atom. The standard InChI is InChI=1S/C14H21S/c1-4-5-6-7-13-8-10-14(11-9-13)15-12(2)3/h8-12H,1,4-7H2,2-3H3. The maximum atomic E-state index is 3.86. The van der Waals surface area contributed by atoms with Gasteiger partial charge in [0, 0.05) is 10.1 Å². The molecule has 0 fully saturated rings. The third kappa shape index (κ3) is 5.27. The molecule has 0 aliphatic carbocycles. The molecule has 1 heteroatoms. The van der Waals surface area contributed by atoms with E-state index in [9.17, 15) is 0 Å². The van der Waals surface area contributed by atoms with Crippen molar-refractivity contribution in [3.8, 4) is 0 Å². The van der Waals surface area contributed by atoms with Crippen LogP contribution in [0.15, 0.2) is 29.2 Å². The van der Waals surface area contributed by atoms with Crippen LogP contribution >= 0.6 is 11.8 Å². The average Bonchev–Trinajstić information content (AvgIpc) is 2.20. The summed E-state index contributed by atoms with van der Waals surface area (Å²) in [5.41, 5.74) is 1.46. The molecule has 0 spiro atoms. The normalized spacial score (nSPS) is 10.9. The van der Waals surface area contributed by atoms with Crippen molar-refractivity contribution >= 4 is 11.8 Å². The van der Waals surface area contributed by atoms with E-state index in [0.717, 1.165) is 6.42 Å². The zero-order valence-corrected chi connectivity index (χ0v) is 10.6. The molecule has 0 heterocycles. The maximum Gasteiger partial charge on any atom is 0.00747 e. The van der Waals surface area contributed by atoms with Crippen LogP contribution in [0.2, 0.25) is 0 Å². The highest BCUT2D eigenvalue weighted by Gasteiger charge is 1.98. The van der Waals surface area contributed by atoms with Gasteiger partial charge in [-0.2, -0.15) is 0 Å². The molecule has 0 aliphatic heterocycles. The van der Waals surface area contributed by atoms with Crippen LogP contribution in [-0.2, 0) is 6.42 Å². The van der Waals surface area contributed by atoms with Gasteiger partial charge in [-0.05, 0) is 30.5 Å². The molecule has 0 bridgehead atoms. The molecule has 1 radical (unpaired) electrons. The summed E-state index contributed by atoms with van der Waals surface area (Å²) in [5.74, 6) is 0. The van der Waals surface area contributed by atoms with Crippen LogP contribution in [-0.4, -0.2) is 5.25 Å². The van der Waals surface area contributed by atoms with Gasteiger partial charge in [0.1, 0.15) is 0 Å². The topological polar surface area (TPSA) is 0 Å². The van der Waals surface area contributed by atoms with E-state index in [4.69, 9.17) is 0 Å². The molecular formula is C14H21S. The molecule has 83 valence electrons. The van der Waals surface area contributed by atoms with E-state index in [2.05, 4.69) is 45.0 Å². The van der Waals surface area contributed by atoms with Crippen LogP contribution in [0.3, 0.4) is 0 Å². The molecule has 0 aliphatic rings. The van der Waals surface area contributed by atoms with Crippen molar-refractivity contribution in [1.82, 2.24) is 0 Å². The Balaban J connectivity index is 2.42. The van der Waals surface area contributed by atoms with Crippen LogP contribution in [0.4, 0.5) is 0 Å². The molecule has 1 rings (SSSR count). The smallest absolute Gasteiger partial charge is 0.00747 e. The average molecular weight is 221 g/mol. The summed E-state index contributed by atoms with van der Waals surface area (Å²) in [7, 11) is 0. The number of thioether (sulfide) groups is 1. The van der Waals surface area contributed by atoms with Gasteiger partial charge in [-0.3, -0.25) is 0 Å². The Morgan fingerprint density at radius 3 is 2.33 bits per heavy atom. The van der Waals surface area contributed by atoms with Gasteiger partial charge in [0.05, 0.1) is 0 Å². The highest BCUT2D eigenvalue weighted by atomic mass is 32.2. The van der Waals surface area contributed by atoms with E-state index in [-0.39, 0.29) is 0 Å². The zero-order valence-electron chi connectivity index (χ0n) is 9.83. The minimum absolute atomic E-state index is 0.669. The number of aryl methyl sites for hydroxylation is 1. The first-order valence-corrected chi connectivity index (χ1v) is 6.65. The Morgan fingerprint density at radius 2 is 1.80 bits per heavy atom. The van der Waals surface area contributed by atoms with Crippen LogP contribution < -0.4 is 0 Å². The predicted octanol–water partition coefficient (Wildman–Crippen LogP) is 4.73. The molecule has 0 aromatic heterocycles. The van der Waals surface area contributed by atoms with Crippen molar-refractivity contribution in [2.75, 3.05) is 0 Å². The lowest BCUT2D eigenvalue weighted by molar-refractivity contribution is 0.746. The minimum atomic E-state index is 0.669. The monoisotopic (exact) mass is 221 g/mol. The quantitative estimate of drug-likeness (QED) is 0.494. The fourth-order valence-corrected chi connectivity index (χ4v) is 2.35. The number of benzene rings is 1. The second-order valence-corrected chi connectivity index (χ2v) is 5.77. The molecule has 1 aromatic carbocycles. The van der Waals surface area contributed by atoms with E-state index in [0.29, 0.717) is 5.25 Å². The molecular weight excluding hydrogens is 200 g/mol. The van der Waals surface area contributed by atoms with Gasteiger partial charge in [0.25, 0.3) is 0 Å². The first kappa shape index (κ1) is 12.6. The number of unbranched alkanes of at least 4 members (excludes halogenated alkanes) is 2. The Labute approximate surface area is 98.5 Å². The van der Waals surface area contributed by atoms with Crippen molar-refractivity contribution in [2.24, 2.45) is 0 Å². The first-order chi connectivity index (χ1) is 7.22. The molecule has 1 aromatic rings. The first-order valence-electron chi connectivity index (χ1n) is 5.77. The highest BCUT2D eigenvalue weighted by molar-refractivity contribution is 7.99. The minimum Gasteiger partial charge on any atom is -0.123 e. The lowest BCUT2D eigenvalue weighted by Gasteiger charge is -2.06. The molecule has 0 nitrogen and oxygen atoms in total. The molecule has 0 saturated heterocycles. The summed E-state index contributed by atoms with van der Waals surface area (Å²) in [5, 5.41) is 0.669. The third-order valence-corrected chi connectivity index (χ3v) is 3.28. The second kappa shape index (κ2) is 6.95. The second-order valence-electron chi connectivity index (χ2n) is 4.12. The third-order valence-electron chi connectivity index (χ3n) is 2.26. The van der Waals surface area contributed by atoms with Gasteiger partial charge >= 0.3 is 0 Å². The molecule has 0 unspecified atom stereocenters. The van der Waals surface area contributed by atoms with Gasteiger partial charge in [-0.25, -0.2) is 0 Å². The Hall–Kier alpha value is -0.430. The Bertz CT molecular complexity index is 261. The van der Waals surface area contributed by atoms with Crippen molar-refractivity contribution in [3.63, 3.8) is 0 Å². The summed E-state index contributed by atoms with van der Waals surface area (Å²) < 4.78 is 0. The molecule has 15 heavy (non-hydrogen) atoms. The van der Waals surface area contributed by atoms with Crippen LogP contribution in [0, 0.1) is 6.92 Å². The summed E-state index contributed by atoms with van der Waals surface area (Å²) in [6.45, 7) is 8.32. The van der Waals surface area contributed by atoms with E-state index in [1.54, 1.807) is 0 Å². The van der Waals surface area contributed by atoms with Crippen molar-refractivity contribution in [1.29, 1.82) is 0 Å². The van der Waals surface area contributed by atoms with E-state index >= 15 is 0 Å². The van der Waals surface area contributed by atoms with Crippen LogP contribution in [0.1, 0.15) is 38.7 Å². The Kier molecular flexibility index (Phi) is 5.85. The van der Waals surface area contributed by atoms with Crippen molar-refractivity contribution < 1.29 is 0 Å². The van der Waals surface area contributed by atoms with Gasteiger partial charge < -0.3 is 0 Å². The molecule has 0 saturated carbocycles. The lowest BCUT2D eigenvalue weighted by Crippen LogP contribution is -1.88. The van der Waals surface area contributed by atoms with Gasteiger partial charge in [-0.1, -0.05) is 45.7 Å². The van der Waals surface area contributed by atoms with E-state index in [1.807, 2.05) is 11.8 Å². The van der Waals surface area contributed by atoms with Crippen molar-refractivity contribution in [3.05, 3.63) is 36.8 Å². The number of hydrogen-bond donors (Lipinski definition) is 0. The fraction of sp³-hybridized carbons (Fsp3) is 0.500. The molecule has 0 atom stereocenters. The lowest BCUT2D eigenvalue weighted by atomic mass is 10.1. The highest BCUT2D eigenvalue weighted by Crippen LogP contribution is 2.23. The SMILES string of the molecule is [CH2]CCCCc1ccc(SC(C)C)cc1. The summed E-state index contributed by atoms with van der Waals surface area (Å²) >= 11 is 1.93.